The van der Waals surface area contributed by atoms with Gasteiger partial charge in [0.15, 0.2) is 5.78 Å². The molecule has 3 heteroatoms. The average molecular weight is 286 g/mol. The molecule has 0 fully saturated rings. The number of ether oxygens (including phenoxy) is 1. The number of carbonyl (C=O) groups is 1. The molecule has 0 N–H and O–H groups in total. The largest absolute Gasteiger partial charge is 0.494 e. The second-order valence-electron chi connectivity index (χ2n) is 5.05. The topological polar surface area (TPSA) is 26.3 Å². The number of halogens is 1. The summed E-state index contributed by atoms with van der Waals surface area (Å²) in [7, 11) is 0. The van der Waals surface area contributed by atoms with E-state index < -0.39 is 0 Å². The zero-order valence-corrected chi connectivity index (χ0v) is 12.4. The molecule has 2 aromatic carbocycles. The number of aryl methyl sites for hydroxylation is 1. The number of rotatable bonds is 6. The lowest BCUT2D eigenvalue weighted by atomic mass is 9.99. The standard InChI is InChI=1S/C18H19FO2/c1-3-9-21-17-6-4-5-15(11-17)18(20)12-14-7-8-16(19)10-13(14)2/h4-8,10-11H,3,9,12H2,1-2H3. The Morgan fingerprint density at radius 2 is 2.00 bits per heavy atom. The van der Waals surface area contributed by atoms with E-state index >= 15 is 0 Å². The van der Waals surface area contributed by atoms with Gasteiger partial charge in [0.2, 0.25) is 0 Å². The Hall–Kier alpha value is -2.16. The van der Waals surface area contributed by atoms with E-state index in [1.165, 1.54) is 12.1 Å². The van der Waals surface area contributed by atoms with Crippen LogP contribution in [0.4, 0.5) is 4.39 Å². The van der Waals surface area contributed by atoms with E-state index in [2.05, 4.69) is 0 Å². The van der Waals surface area contributed by atoms with Crippen molar-refractivity contribution in [3.05, 3.63) is 65.0 Å². The molecule has 0 bridgehead atoms. The predicted molar refractivity (Wildman–Crippen MR) is 81.4 cm³/mol. The summed E-state index contributed by atoms with van der Waals surface area (Å²) in [5.41, 5.74) is 2.26. The summed E-state index contributed by atoms with van der Waals surface area (Å²) in [6, 6.07) is 11.7. The van der Waals surface area contributed by atoms with Crippen LogP contribution in [0.1, 0.15) is 34.8 Å². The maximum atomic E-state index is 13.1. The van der Waals surface area contributed by atoms with Crippen LogP contribution in [0.5, 0.6) is 5.75 Å². The molecule has 0 unspecified atom stereocenters. The van der Waals surface area contributed by atoms with Crippen molar-refractivity contribution >= 4 is 5.78 Å². The second kappa shape index (κ2) is 7.02. The van der Waals surface area contributed by atoms with Gasteiger partial charge in [-0.15, -0.1) is 0 Å². The third-order valence-electron chi connectivity index (χ3n) is 3.28. The summed E-state index contributed by atoms with van der Waals surface area (Å²) in [6.07, 6.45) is 1.19. The van der Waals surface area contributed by atoms with Gasteiger partial charge in [-0.25, -0.2) is 4.39 Å². The Morgan fingerprint density at radius 1 is 1.19 bits per heavy atom. The Morgan fingerprint density at radius 3 is 2.71 bits per heavy atom. The van der Waals surface area contributed by atoms with Crippen molar-refractivity contribution in [2.24, 2.45) is 0 Å². The lowest BCUT2D eigenvalue weighted by Crippen LogP contribution is -2.06. The van der Waals surface area contributed by atoms with Gasteiger partial charge in [-0.2, -0.15) is 0 Å². The van der Waals surface area contributed by atoms with Gasteiger partial charge in [-0.3, -0.25) is 4.79 Å². The number of benzene rings is 2. The number of carbonyl (C=O) groups excluding carboxylic acids is 1. The minimum absolute atomic E-state index is 0.00616. The van der Waals surface area contributed by atoms with Gasteiger partial charge < -0.3 is 4.74 Å². The Kier molecular flexibility index (Phi) is 5.09. The van der Waals surface area contributed by atoms with Crippen LogP contribution in [0.2, 0.25) is 0 Å². The van der Waals surface area contributed by atoms with Crippen molar-refractivity contribution in [3.8, 4) is 5.75 Å². The van der Waals surface area contributed by atoms with Crippen LogP contribution in [-0.2, 0) is 6.42 Å². The van der Waals surface area contributed by atoms with Gasteiger partial charge in [0, 0.05) is 12.0 Å². The Bertz CT molecular complexity index is 635. The number of hydrogen-bond donors (Lipinski definition) is 0. The number of Topliss-reactive ketones (excluding diaryl/α,β-unsaturated/α-hetero) is 1. The highest BCUT2D eigenvalue weighted by Gasteiger charge is 2.10. The van der Waals surface area contributed by atoms with Crippen LogP contribution in [0, 0.1) is 12.7 Å². The molecule has 0 aliphatic rings. The molecule has 110 valence electrons. The summed E-state index contributed by atoms with van der Waals surface area (Å²) in [6.45, 7) is 4.48. The monoisotopic (exact) mass is 286 g/mol. The molecule has 0 saturated heterocycles. The van der Waals surface area contributed by atoms with E-state index in [1.54, 1.807) is 18.2 Å². The summed E-state index contributed by atoms with van der Waals surface area (Å²) in [5, 5.41) is 0. The number of ketones is 1. The van der Waals surface area contributed by atoms with Crippen LogP contribution in [0.3, 0.4) is 0 Å². The third-order valence-corrected chi connectivity index (χ3v) is 3.28. The van der Waals surface area contributed by atoms with E-state index in [0.29, 0.717) is 17.9 Å². The first kappa shape index (κ1) is 15.2. The molecule has 0 radical (unpaired) electrons. The normalized spacial score (nSPS) is 10.4. The first-order valence-electron chi connectivity index (χ1n) is 7.11. The van der Waals surface area contributed by atoms with Crippen molar-refractivity contribution < 1.29 is 13.9 Å². The van der Waals surface area contributed by atoms with Crippen molar-refractivity contribution in [1.29, 1.82) is 0 Å². The summed E-state index contributed by atoms with van der Waals surface area (Å²) >= 11 is 0. The highest BCUT2D eigenvalue weighted by atomic mass is 19.1. The zero-order chi connectivity index (χ0) is 15.2. The van der Waals surface area contributed by atoms with Crippen molar-refractivity contribution in [2.45, 2.75) is 26.7 Å². The predicted octanol–water partition coefficient (Wildman–Crippen LogP) is 4.35. The molecular weight excluding hydrogens is 267 g/mol. The average Bonchev–Trinajstić information content (AvgIpc) is 2.48. The Balaban J connectivity index is 2.12. The van der Waals surface area contributed by atoms with Crippen LogP contribution in [0.25, 0.3) is 0 Å². The minimum Gasteiger partial charge on any atom is -0.494 e. The van der Waals surface area contributed by atoms with E-state index in [1.807, 2.05) is 26.0 Å². The second-order valence-corrected chi connectivity index (χ2v) is 5.05. The van der Waals surface area contributed by atoms with Crippen LogP contribution < -0.4 is 4.74 Å². The molecule has 2 rings (SSSR count). The zero-order valence-electron chi connectivity index (χ0n) is 12.4. The lowest BCUT2D eigenvalue weighted by molar-refractivity contribution is 0.0992. The first-order chi connectivity index (χ1) is 10.1. The lowest BCUT2D eigenvalue weighted by Gasteiger charge is -2.08. The molecule has 0 saturated carbocycles. The molecule has 0 spiro atoms. The van der Waals surface area contributed by atoms with Crippen LogP contribution in [0.15, 0.2) is 42.5 Å². The quantitative estimate of drug-likeness (QED) is 0.738. The molecule has 0 amide bonds. The highest BCUT2D eigenvalue weighted by molar-refractivity contribution is 5.98. The van der Waals surface area contributed by atoms with Crippen molar-refractivity contribution in [3.63, 3.8) is 0 Å². The van der Waals surface area contributed by atoms with Gasteiger partial charge in [-0.1, -0.05) is 25.1 Å². The molecule has 0 aliphatic heterocycles. The fourth-order valence-electron chi connectivity index (χ4n) is 2.11. The summed E-state index contributed by atoms with van der Waals surface area (Å²) in [4.78, 5) is 12.3. The molecule has 21 heavy (non-hydrogen) atoms. The smallest absolute Gasteiger partial charge is 0.167 e. The molecular formula is C18H19FO2. The Labute approximate surface area is 124 Å². The summed E-state index contributed by atoms with van der Waals surface area (Å²) in [5.74, 6) is 0.434. The molecule has 0 heterocycles. The van der Waals surface area contributed by atoms with Crippen LogP contribution in [-0.4, -0.2) is 12.4 Å². The SMILES string of the molecule is CCCOc1cccc(C(=O)Cc2ccc(F)cc2C)c1. The van der Waals surface area contributed by atoms with Crippen LogP contribution >= 0.6 is 0 Å². The van der Waals surface area contributed by atoms with E-state index in [4.69, 9.17) is 4.74 Å². The highest BCUT2D eigenvalue weighted by Crippen LogP contribution is 2.17. The molecule has 2 aromatic rings. The van der Waals surface area contributed by atoms with Crippen molar-refractivity contribution in [1.82, 2.24) is 0 Å². The van der Waals surface area contributed by atoms with Gasteiger partial charge in [0.1, 0.15) is 11.6 Å². The summed E-state index contributed by atoms with van der Waals surface area (Å²) < 4.78 is 18.6. The number of hydrogen-bond acceptors (Lipinski definition) is 2. The molecule has 0 atom stereocenters. The molecule has 0 aromatic heterocycles. The van der Waals surface area contributed by atoms with E-state index in [-0.39, 0.29) is 18.0 Å². The maximum absolute atomic E-state index is 13.1. The third kappa shape index (κ3) is 4.15. The first-order valence-corrected chi connectivity index (χ1v) is 7.11. The van der Waals surface area contributed by atoms with Gasteiger partial charge in [0.25, 0.3) is 0 Å². The van der Waals surface area contributed by atoms with Crippen molar-refractivity contribution in [2.75, 3.05) is 6.61 Å². The molecule has 2 nitrogen and oxygen atoms in total. The van der Waals surface area contributed by atoms with Gasteiger partial charge in [0.05, 0.1) is 6.61 Å². The fraction of sp³-hybridized carbons (Fsp3) is 0.278. The minimum atomic E-state index is -0.279. The fourth-order valence-corrected chi connectivity index (χ4v) is 2.11. The van der Waals surface area contributed by atoms with Gasteiger partial charge in [-0.05, 0) is 48.7 Å². The van der Waals surface area contributed by atoms with Gasteiger partial charge >= 0.3 is 0 Å². The van der Waals surface area contributed by atoms with E-state index in [0.717, 1.165) is 17.5 Å². The van der Waals surface area contributed by atoms with E-state index in [9.17, 15) is 9.18 Å². The maximum Gasteiger partial charge on any atom is 0.167 e. The molecule has 0 aliphatic carbocycles.